The zero-order valence-electron chi connectivity index (χ0n) is 11.4. The minimum atomic E-state index is -1.00. The number of aryl methyl sites for hydroxylation is 1. The van der Waals surface area contributed by atoms with Crippen molar-refractivity contribution in [3.63, 3.8) is 0 Å². The zero-order chi connectivity index (χ0) is 14.8. The first kappa shape index (κ1) is 16.1. The van der Waals surface area contributed by atoms with Crippen LogP contribution >= 0.6 is 0 Å². The Balaban J connectivity index is 2.36. The first-order chi connectivity index (χ1) is 9.63. The molecular weight excluding hydrogens is 258 g/mol. The normalized spacial score (nSPS) is 11.8. The van der Waals surface area contributed by atoms with Gasteiger partial charge in [0.1, 0.15) is 6.04 Å². The van der Waals surface area contributed by atoms with Crippen molar-refractivity contribution in [1.82, 2.24) is 10.3 Å². The first-order valence-electron chi connectivity index (χ1n) is 6.74. The topological polar surface area (TPSA) is 105 Å². The molecule has 0 radical (unpaired) electrons. The van der Waals surface area contributed by atoms with E-state index in [9.17, 15) is 9.59 Å². The fourth-order valence-electron chi connectivity index (χ4n) is 1.82. The molecular formula is C14H21N3O3. The number of hydrogen-bond acceptors (Lipinski definition) is 4. The molecule has 4 N–H and O–H groups in total. The van der Waals surface area contributed by atoms with Crippen LogP contribution in [0.2, 0.25) is 0 Å². The van der Waals surface area contributed by atoms with Crippen LogP contribution in [0.15, 0.2) is 24.5 Å². The van der Waals surface area contributed by atoms with Crippen LogP contribution < -0.4 is 11.1 Å². The van der Waals surface area contributed by atoms with Gasteiger partial charge in [-0.15, -0.1) is 0 Å². The predicted molar refractivity (Wildman–Crippen MR) is 75.0 cm³/mol. The van der Waals surface area contributed by atoms with Crippen molar-refractivity contribution in [3.8, 4) is 0 Å². The number of carboxylic acid groups (broad SMARTS) is 1. The number of unbranched alkanes of at least 4 members (excludes halogenated alkanes) is 1. The van der Waals surface area contributed by atoms with Crippen LogP contribution in [0.4, 0.5) is 0 Å². The summed E-state index contributed by atoms with van der Waals surface area (Å²) in [6, 6.07) is 2.86. The third-order valence-corrected chi connectivity index (χ3v) is 2.94. The van der Waals surface area contributed by atoms with Crippen molar-refractivity contribution < 1.29 is 14.7 Å². The summed E-state index contributed by atoms with van der Waals surface area (Å²) in [4.78, 5) is 26.8. The summed E-state index contributed by atoms with van der Waals surface area (Å²) in [5, 5.41) is 11.6. The maximum atomic E-state index is 11.7. The number of carbonyl (C=O) groups is 2. The highest BCUT2D eigenvalue weighted by Gasteiger charge is 2.18. The van der Waals surface area contributed by atoms with Gasteiger partial charge < -0.3 is 16.2 Å². The molecule has 110 valence electrons. The summed E-state index contributed by atoms with van der Waals surface area (Å²) in [6.07, 6.45) is 6.03. The number of aliphatic carboxylic acids is 1. The van der Waals surface area contributed by atoms with Crippen LogP contribution in [-0.4, -0.2) is 34.6 Å². The van der Waals surface area contributed by atoms with Crippen LogP contribution in [0.5, 0.6) is 0 Å². The Morgan fingerprint density at radius 2 is 2.20 bits per heavy atom. The predicted octanol–water partition coefficient (Wildman–Crippen LogP) is 0.713. The van der Waals surface area contributed by atoms with Crippen LogP contribution in [0.1, 0.15) is 31.2 Å². The van der Waals surface area contributed by atoms with Gasteiger partial charge in [0.05, 0.1) is 0 Å². The van der Waals surface area contributed by atoms with Gasteiger partial charge in [0.2, 0.25) is 5.91 Å². The van der Waals surface area contributed by atoms with Crippen molar-refractivity contribution in [2.75, 3.05) is 6.54 Å². The van der Waals surface area contributed by atoms with E-state index in [0.29, 0.717) is 25.8 Å². The minimum absolute atomic E-state index is 0.256. The van der Waals surface area contributed by atoms with Crippen molar-refractivity contribution in [2.45, 2.75) is 38.1 Å². The SMILES string of the molecule is NCCCCC(NC(=O)CCc1cccnc1)C(=O)O. The largest absolute Gasteiger partial charge is 0.480 e. The third-order valence-electron chi connectivity index (χ3n) is 2.94. The molecule has 1 rings (SSSR count). The molecule has 1 aromatic heterocycles. The number of nitrogens with one attached hydrogen (secondary N) is 1. The standard InChI is InChI=1S/C14H21N3O3/c15-8-2-1-5-12(14(19)20)17-13(18)7-6-11-4-3-9-16-10-11/h3-4,9-10,12H,1-2,5-8,15H2,(H,17,18)(H,19,20). The van der Waals surface area contributed by atoms with E-state index in [1.807, 2.05) is 6.07 Å². The number of amides is 1. The number of aromatic nitrogens is 1. The van der Waals surface area contributed by atoms with E-state index in [2.05, 4.69) is 10.3 Å². The van der Waals surface area contributed by atoms with Crippen LogP contribution in [0.25, 0.3) is 0 Å². The summed E-state index contributed by atoms with van der Waals surface area (Å²) < 4.78 is 0. The van der Waals surface area contributed by atoms with Gasteiger partial charge in [0, 0.05) is 18.8 Å². The van der Waals surface area contributed by atoms with Crippen LogP contribution in [0.3, 0.4) is 0 Å². The number of hydrogen-bond donors (Lipinski definition) is 3. The Kier molecular flexibility index (Phi) is 7.27. The molecule has 20 heavy (non-hydrogen) atoms. The highest BCUT2D eigenvalue weighted by molar-refractivity contribution is 5.83. The summed E-state index contributed by atoms with van der Waals surface area (Å²) >= 11 is 0. The van der Waals surface area contributed by atoms with Crippen molar-refractivity contribution in [1.29, 1.82) is 0 Å². The lowest BCUT2D eigenvalue weighted by Gasteiger charge is -2.14. The summed E-state index contributed by atoms with van der Waals surface area (Å²) in [7, 11) is 0. The molecule has 6 heteroatoms. The molecule has 0 aromatic carbocycles. The van der Waals surface area contributed by atoms with Crippen molar-refractivity contribution >= 4 is 11.9 Å². The van der Waals surface area contributed by atoms with Gasteiger partial charge in [-0.2, -0.15) is 0 Å². The number of pyridine rings is 1. The lowest BCUT2D eigenvalue weighted by Crippen LogP contribution is -2.40. The zero-order valence-corrected chi connectivity index (χ0v) is 11.4. The van der Waals surface area contributed by atoms with Crippen LogP contribution in [0, 0.1) is 0 Å². The molecule has 0 aliphatic rings. The van der Waals surface area contributed by atoms with E-state index in [1.165, 1.54) is 0 Å². The average Bonchev–Trinajstić information content (AvgIpc) is 2.45. The number of nitrogens with zero attached hydrogens (tertiary/aromatic N) is 1. The fraction of sp³-hybridized carbons (Fsp3) is 0.500. The lowest BCUT2D eigenvalue weighted by atomic mass is 10.1. The highest BCUT2D eigenvalue weighted by atomic mass is 16.4. The second kappa shape index (κ2) is 9.03. The smallest absolute Gasteiger partial charge is 0.326 e. The van der Waals surface area contributed by atoms with Crippen molar-refractivity contribution in [3.05, 3.63) is 30.1 Å². The van der Waals surface area contributed by atoms with E-state index < -0.39 is 12.0 Å². The average molecular weight is 279 g/mol. The Morgan fingerprint density at radius 3 is 2.80 bits per heavy atom. The monoisotopic (exact) mass is 279 g/mol. The molecule has 1 aromatic rings. The summed E-state index contributed by atoms with van der Waals surface area (Å²) in [6.45, 7) is 0.529. The Labute approximate surface area is 118 Å². The molecule has 1 unspecified atom stereocenters. The molecule has 0 saturated heterocycles. The molecule has 0 aliphatic carbocycles. The maximum absolute atomic E-state index is 11.7. The van der Waals surface area contributed by atoms with Gasteiger partial charge in [-0.1, -0.05) is 6.07 Å². The number of carbonyl (C=O) groups excluding carboxylic acids is 1. The van der Waals surface area contributed by atoms with Gasteiger partial charge in [-0.25, -0.2) is 4.79 Å². The molecule has 0 fully saturated rings. The fourth-order valence-corrected chi connectivity index (χ4v) is 1.82. The molecule has 0 spiro atoms. The van der Waals surface area contributed by atoms with Crippen LogP contribution in [-0.2, 0) is 16.0 Å². The highest BCUT2D eigenvalue weighted by Crippen LogP contribution is 2.03. The Hall–Kier alpha value is -1.95. The van der Waals surface area contributed by atoms with E-state index in [-0.39, 0.29) is 12.3 Å². The van der Waals surface area contributed by atoms with Gasteiger partial charge in [0.25, 0.3) is 0 Å². The first-order valence-corrected chi connectivity index (χ1v) is 6.74. The Bertz CT molecular complexity index is 423. The van der Waals surface area contributed by atoms with Gasteiger partial charge in [0.15, 0.2) is 0 Å². The molecule has 1 heterocycles. The molecule has 1 atom stereocenters. The van der Waals surface area contributed by atoms with Gasteiger partial charge in [-0.05, 0) is 43.9 Å². The minimum Gasteiger partial charge on any atom is -0.480 e. The van der Waals surface area contributed by atoms with Gasteiger partial charge in [-0.3, -0.25) is 9.78 Å². The molecule has 0 aliphatic heterocycles. The number of carboxylic acids is 1. The van der Waals surface area contributed by atoms with E-state index >= 15 is 0 Å². The number of rotatable bonds is 9. The molecule has 0 bridgehead atoms. The molecule has 0 saturated carbocycles. The summed E-state index contributed by atoms with van der Waals surface area (Å²) in [5.41, 5.74) is 6.32. The quantitative estimate of drug-likeness (QED) is 0.577. The third kappa shape index (κ3) is 6.29. The van der Waals surface area contributed by atoms with E-state index in [1.54, 1.807) is 18.5 Å². The second-order valence-corrected chi connectivity index (χ2v) is 4.60. The summed E-state index contributed by atoms with van der Waals surface area (Å²) in [5.74, 6) is -1.26. The second-order valence-electron chi connectivity index (χ2n) is 4.60. The molecule has 1 amide bonds. The maximum Gasteiger partial charge on any atom is 0.326 e. The van der Waals surface area contributed by atoms with E-state index in [4.69, 9.17) is 10.8 Å². The van der Waals surface area contributed by atoms with Gasteiger partial charge >= 0.3 is 5.97 Å². The van der Waals surface area contributed by atoms with Crippen molar-refractivity contribution in [2.24, 2.45) is 5.73 Å². The number of nitrogens with two attached hydrogens (primary N) is 1. The lowest BCUT2D eigenvalue weighted by molar-refractivity contribution is -0.142. The Morgan fingerprint density at radius 1 is 1.40 bits per heavy atom. The molecule has 6 nitrogen and oxygen atoms in total. The van der Waals surface area contributed by atoms with E-state index in [0.717, 1.165) is 12.0 Å².